The van der Waals surface area contributed by atoms with Crippen molar-refractivity contribution in [2.24, 2.45) is 0 Å². The Kier molecular flexibility index (Phi) is 4.53. The SMILES string of the molecule is O=C1CCN(CCC(=O)N2CC(c3nc(-c4cccnc4)no3)C2)C(=O)N1. The maximum absolute atomic E-state index is 12.3. The van der Waals surface area contributed by atoms with Crippen LogP contribution < -0.4 is 5.32 Å². The molecule has 0 aromatic carbocycles. The van der Waals surface area contributed by atoms with Crippen molar-refractivity contribution in [1.82, 2.24) is 30.2 Å². The maximum atomic E-state index is 12.3. The second-order valence-corrected chi connectivity index (χ2v) is 6.53. The van der Waals surface area contributed by atoms with Crippen molar-refractivity contribution in [3.8, 4) is 11.4 Å². The molecule has 10 heteroatoms. The lowest BCUT2D eigenvalue weighted by Gasteiger charge is -2.37. The number of likely N-dealkylation sites (tertiary alicyclic amines) is 1. The maximum Gasteiger partial charge on any atom is 0.324 e. The number of hydrogen-bond donors (Lipinski definition) is 1. The van der Waals surface area contributed by atoms with Gasteiger partial charge in [0.05, 0.1) is 5.92 Å². The Hall–Kier alpha value is -3.30. The van der Waals surface area contributed by atoms with E-state index in [1.165, 1.54) is 4.90 Å². The van der Waals surface area contributed by atoms with Crippen molar-refractivity contribution >= 4 is 17.8 Å². The number of imide groups is 1. The fraction of sp³-hybridized carbons (Fsp3) is 0.412. The van der Waals surface area contributed by atoms with Crippen molar-refractivity contribution in [3.63, 3.8) is 0 Å². The van der Waals surface area contributed by atoms with Gasteiger partial charge in [-0.3, -0.25) is 19.9 Å². The van der Waals surface area contributed by atoms with Crippen LogP contribution >= 0.6 is 0 Å². The summed E-state index contributed by atoms with van der Waals surface area (Å²) in [6.07, 6.45) is 3.82. The summed E-state index contributed by atoms with van der Waals surface area (Å²) in [6.45, 7) is 1.67. The molecule has 2 aromatic heterocycles. The van der Waals surface area contributed by atoms with Crippen LogP contribution in [0.15, 0.2) is 29.0 Å². The Morgan fingerprint density at radius 3 is 2.93 bits per heavy atom. The van der Waals surface area contributed by atoms with E-state index in [1.54, 1.807) is 23.4 Å². The van der Waals surface area contributed by atoms with E-state index in [1.807, 2.05) is 6.07 Å². The van der Waals surface area contributed by atoms with Crippen LogP contribution in [0.2, 0.25) is 0 Å². The van der Waals surface area contributed by atoms with E-state index in [0.29, 0.717) is 37.9 Å². The van der Waals surface area contributed by atoms with Gasteiger partial charge in [0, 0.05) is 57.0 Å². The molecule has 2 saturated heterocycles. The molecule has 0 aliphatic carbocycles. The highest BCUT2D eigenvalue weighted by molar-refractivity contribution is 5.96. The smallest absolute Gasteiger partial charge is 0.324 e. The van der Waals surface area contributed by atoms with E-state index in [0.717, 1.165) is 5.56 Å². The Bertz CT molecular complexity index is 861. The number of carbonyl (C=O) groups excluding carboxylic acids is 3. The van der Waals surface area contributed by atoms with Crippen LogP contribution in [0, 0.1) is 0 Å². The molecule has 140 valence electrons. The minimum Gasteiger partial charge on any atom is -0.341 e. The molecule has 4 rings (SSSR count). The van der Waals surface area contributed by atoms with Gasteiger partial charge in [0.15, 0.2) is 0 Å². The van der Waals surface area contributed by atoms with Gasteiger partial charge in [-0.1, -0.05) is 5.16 Å². The minimum atomic E-state index is -0.436. The fourth-order valence-corrected chi connectivity index (χ4v) is 3.05. The normalized spacial score (nSPS) is 17.6. The zero-order chi connectivity index (χ0) is 18.8. The number of pyridine rings is 1. The van der Waals surface area contributed by atoms with Crippen molar-refractivity contribution in [2.75, 3.05) is 26.2 Å². The molecule has 0 spiro atoms. The molecule has 4 amide bonds. The van der Waals surface area contributed by atoms with Crippen LogP contribution in [-0.2, 0) is 9.59 Å². The lowest BCUT2D eigenvalue weighted by atomic mass is 9.99. The molecule has 0 saturated carbocycles. The van der Waals surface area contributed by atoms with E-state index in [4.69, 9.17) is 4.52 Å². The number of amides is 4. The molecular weight excluding hydrogens is 352 g/mol. The number of urea groups is 1. The van der Waals surface area contributed by atoms with Crippen LogP contribution in [0.5, 0.6) is 0 Å². The summed E-state index contributed by atoms with van der Waals surface area (Å²) in [4.78, 5) is 46.7. The topological polar surface area (TPSA) is 122 Å². The third kappa shape index (κ3) is 3.64. The van der Waals surface area contributed by atoms with Crippen LogP contribution in [0.1, 0.15) is 24.7 Å². The molecular formula is C17H18N6O4. The van der Waals surface area contributed by atoms with E-state index < -0.39 is 6.03 Å². The Morgan fingerprint density at radius 1 is 1.33 bits per heavy atom. The average molecular weight is 370 g/mol. The number of carbonyl (C=O) groups is 3. The standard InChI is InChI=1S/C17H18N6O4/c24-13-3-6-22(17(26)19-13)7-4-14(25)23-9-12(10-23)16-20-15(21-27-16)11-2-1-5-18-8-11/h1-2,5,8,12H,3-4,6-7,9-10H2,(H,19,24,26). The van der Waals surface area contributed by atoms with Gasteiger partial charge in [0.1, 0.15) is 0 Å². The van der Waals surface area contributed by atoms with Gasteiger partial charge in [-0.25, -0.2) is 4.79 Å². The molecule has 2 aliphatic heterocycles. The number of nitrogens with one attached hydrogen (secondary N) is 1. The molecule has 2 aliphatic rings. The van der Waals surface area contributed by atoms with Gasteiger partial charge in [-0.2, -0.15) is 4.98 Å². The lowest BCUT2D eigenvalue weighted by molar-refractivity contribution is -0.136. The summed E-state index contributed by atoms with van der Waals surface area (Å²) in [7, 11) is 0. The largest absolute Gasteiger partial charge is 0.341 e. The number of nitrogens with zero attached hydrogens (tertiary/aromatic N) is 5. The van der Waals surface area contributed by atoms with Crippen LogP contribution in [0.4, 0.5) is 4.79 Å². The number of hydrogen-bond acceptors (Lipinski definition) is 7. The first-order valence-electron chi connectivity index (χ1n) is 8.70. The number of aromatic nitrogens is 3. The molecule has 0 unspecified atom stereocenters. The quantitative estimate of drug-likeness (QED) is 0.808. The third-order valence-corrected chi connectivity index (χ3v) is 4.68. The van der Waals surface area contributed by atoms with Crippen molar-refractivity contribution in [3.05, 3.63) is 30.4 Å². The molecule has 10 nitrogen and oxygen atoms in total. The number of rotatable bonds is 5. The summed E-state index contributed by atoms with van der Waals surface area (Å²) < 4.78 is 5.31. The van der Waals surface area contributed by atoms with Gasteiger partial charge in [0.2, 0.25) is 23.5 Å². The zero-order valence-corrected chi connectivity index (χ0v) is 14.5. The molecule has 2 aromatic rings. The molecule has 0 atom stereocenters. The van der Waals surface area contributed by atoms with Crippen LogP contribution in [0.3, 0.4) is 0 Å². The second-order valence-electron chi connectivity index (χ2n) is 6.53. The Labute approximate surface area is 154 Å². The summed E-state index contributed by atoms with van der Waals surface area (Å²) in [6, 6.07) is 3.21. The van der Waals surface area contributed by atoms with Crippen molar-refractivity contribution < 1.29 is 18.9 Å². The highest BCUT2D eigenvalue weighted by Gasteiger charge is 2.36. The van der Waals surface area contributed by atoms with E-state index in [2.05, 4.69) is 20.4 Å². The van der Waals surface area contributed by atoms with Gasteiger partial charge >= 0.3 is 6.03 Å². The van der Waals surface area contributed by atoms with Gasteiger partial charge in [0.25, 0.3) is 0 Å². The molecule has 0 radical (unpaired) electrons. The molecule has 2 fully saturated rings. The van der Waals surface area contributed by atoms with Crippen LogP contribution in [0.25, 0.3) is 11.4 Å². The molecule has 27 heavy (non-hydrogen) atoms. The van der Waals surface area contributed by atoms with Crippen molar-refractivity contribution in [2.45, 2.75) is 18.8 Å². The summed E-state index contributed by atoms with van der Waals surface area (Å²) in [5.74, 6) is 0.685. The zero-order valence-electron chi connectivity index (χ0n) is 14.5. The first kappa shape index (κ1) is 17.1. The average Bonchev–Trinajstić information content (AvgIpc) is 3.10. The van der Waals surface area contributed by atoms with Gasteiger partial charge in [-0.15, -0.1) is 0 Å². The van der Waals surface area contributed by atoms with Crippen molar-refractivity contribution in [1.29, 1.82) is 0 Å². The van der Waals surface area contributed by atoms with Crippen LogP contribution in [-0.4, -0.2) is 68.9 Å². The second kappa shape index (κ2) is 7.14. The molecule has 0 bridgehead atoms. The van der Waals surface area contributed by atoms with Gasteiger partial charge < -0.3 is 14.3 Å². The Morgan fingerprint density at radius 2 is 2.19 bits per heavy atom. The summed E-state index contributed by atoms with van der Waals surface area (Å²) in [5.41, 5.74) is 0.776. The Balaban J connectivity index is 1.26. The highest BCUT2D eigenvalue weighted by Crippen LogP contribution is 2.27. The third-order valence-electron chi connectivity index (χ3n) is 4.68. The molecule has 4 heterocycles. The predicted octanol–water partition coefficient (Wildman–Crippen LogP) is 0.389. The highest BCUT2D eigenvalue weighted by atomic mass is 16.5. The summed E-state index contributed by atoms with van der Waals surface area (Å²) in [5, 5.41) is 6.21. The summed E-state index contributed by atoms with van der Waals surface area (Å²) >= 11 is 0. The predicted molar refractivity (Wildman–Crippen MR) is 91.2 cm³/mol. The minimum absolute atomic E-state index is 0.0165. The first-order chi connectivity index (χ1) is 13.1. The molecule has 1 N–H and O–H groups in total. The monoisotopic (exact) mass is 370 g/mol. The lowest BCUT2D eigenvalue weighted by Crippen LogP contribution is -2.52. The van der Waals surface area contributed by atoms with E-state index in [-0.39, 0.29) is 30.6 Å². The fourth-order valence-electron chi connectivity index (χ4n) is 3.05. The van der Waals surface area contributed by atoms with E-state index >= 15 is 0 Å². The van der Waals surface area contributed by atoms with E-state index in [9.17, 15) is 14.4 Å². The van der Waals surface area contributed by atoms with Gasteiger partial charge in [-0.05, 0) is 12.1 Å². The first-order valence-corrected chi connectivity index (χ1v) is 8.70.